The molecule has 0 aromatic carbocycles. The second-order valence-electron chi connectivity index (χ2n) is 4.99. The Morgan fingerprint density at radius 1 is 1.63 bits per heavy atom. The molecule has 1 aliphatic rings. The summed E-state index contributed by atoms with van der Waals surface area (Å²) in [6.45, 7) is 3.03. The number of aliphatic hydroxyl groups is 1. The van der Waals surface area contributed by atoms with Gasteiger partial charge in [0, 0.05) is 19.6 Å². The smallest absolute Gasteiger partial charge is 0.279 e. The van der Waals surface area contributed by atoms with E-state index in [9.17, 15) is 13.5 Å². The van der Waals surface area contributed by atoms with Gasteiger partial charge in [-0.25, -0.2) is 0 Å². The van der Waals surface area contributed by atoms with Crippen LogP contribution < -0.4 is 4.72 Å². The molecule has 6 nitrogen and oxygen atoms in total. The summed E-state index contributed by atoms with van der Waals surface area (Å²) in [6.07, 6.45) is 2.41. The molecular weight excluding hydrogens is 268 g/mol. The maximum absolute atomic E-state index is 12.1. The van der Waals surface area contributed by atoms with E-state index in [1.54, 1.807) is 12.1 Å². The molecule has 0 saturated carbocycles. The van der Waals surface area contributed by atoms with Crippen LogP contribution in [0.25, 0.3) is 0 Å². The van der Waals surface area contributed by atoms with Crippen molar-refractivity contribution in [1.82, 2.24) is 9.03 Å². The second-order valence-corrected chi connectivity index (χ2v) is 6.75. The molecule has 2 heterocycles. The molecule has 1 aliphatic heterocycles. The summed E-state index contributed by atoms with van der Waals surface area (Å²) < 4.78 is 33.0. The quantitative estimate of drug-likeness (QED) is 0.842. The number of hydrogen-bond donors (Lipinski definition) is 2. The SMILES string of the molecule is CC1CCCN(S(=O)(=O)NCC(O)c2ccco2)C1. The molecule has 7 heteroatoms. The minimum atomic E-state index is -3.52. The number of rotatable bonds is 5. The van der Waals surface area contributed by atoms with E-state index < -0.39 is 16.3 Å². The Hall–Kier alpha value is -0.890. The topological polar surface area (TPSA) is 82.8 Å². The van der Waals surface area contributed by atoms with Crippen LogP contribution in [0.1, 0.15) is 31.6 Å². The summed E-state index contributed by atoms with van der Waals surface area (Å²) in [4.78, 5) is 0. The summed E-state index contributed by atoms with van der Waals surface area (Å²) in [6, 6.07) is 3.27. The average molecular weight is 288 g/mol. The number of aliphatic hydroxyl groups excluding tert-OH is 1. The molecule has 0 bridgehead atoms. The van der Waals surface area contributed by atoms with Gasteiger partial charge in [0.25, 0.3) is 10.2 Å². The average Bonchev–Trinajstić information content (AvgIpc) is 2.90. The van der Waals surface area contributed by atoms with E-state index in [0.717, 1.165) is 12.8 Å². The van der Waals surface area contributed by atoms with E-state index in [-0.39, 0.29) is 6.54 Å². The molecule has 1 saturated heterocycles. The number of nitrogens with zero attached hydrogens (tertiary/aromatic N) is 1. The summed E-state index contributed by atoms with van der Waals surface area (Å²) in [5, 5.41) is 9.78. The Bertz CT molecular complexity index is 486. The lowest BCUT2D eigenvalue weighted by molar-refractivity contribution is 0.152. The molecule has 0 radical (unpaired) electrons. The van der Waals surface area contributed by atoms with Crippen molar-refractivity contribution in [2.45, 2.75) is 25.9 Å². The van der Waals surface area contributed by atoms with Crippen molar-refractivity contribution in [2.75, 3.05) is 19.6 Å². The zero-order chi connectivity index (χ0) is 13.9. The molecule has 1 fully saturated rings. The lowest BCUT2D eigenvalue weighted by atomic mass is 10.0. The molecule has 2 N–H and O–H groups in total. The third-order valence-corrected chi connectivity index (χ3v) is 4.83. The minimum Gasteiger partial charge on any atom is -0.467 e. The van der Waals surface area contributed by atoms with Gasteiger partial charge in [0.15, 0.2) is 0 Å². The predicted octanol–water partition coefficient (Wildman–Crippen LogP) is 0.879. The largest absolute Gasteiger partial charge is 0.467 e. The van der Waals surface area contributed by atoms with Crippen molar-refractivity contribution in [3.05, 3.63) is 24.2 Å². The first-order chi connectivity index (χ1) is 8.99. The second kappa shape index (κ2) is 6.04. The highest BCUT2D eigenvalue weighted by molar-refractivity contribution is 7.87. The Labute approximate surface area is 113 Å². The molecule has 0 amide bonds. The predicted molar refractivity (Wildman–Crippen MR) is 70.6 cm³/mol. The lowest BCUT2D eigenvalue weighted by Crippen LogP contribution is -2.46. The van der Waals surface area contributed by atoms with Crippen molar-refractivity contribution in [3.8, 4) is 0 Å². The van der Waals surface area contributed by atoms with Crippen molar-refractivity contribution in [1.29, 1.82) is 0 Å². The van der Waals surface area contributed by atoms with Gasteiger partial charge in [-0.1, -0.05) is 6.92 Å². The molecule has 1 aromatic heterocycles. The molecule has 19 heavy (non-hydrogen) atoms. The minimum absolute atomic E-state index is 0.0826. The number of piperidine rings is 1. The molecule has 0 aliphatic carbocycles. The first-order valence-electron chi connectivity index (χ1n) is 6.45. The Morgan fingerprint density at radius 3 is 3.05 bits per heavy atom. The van der Waals surface area contributed by atoms with E-state index in [1.165, 1.54) is 10.6 Å². The van der Waals surface area contributed by atoms with Gasteiger partial charge >= 0.3 is 0 Å². The molecule has 2 atom stereocenters. The van der Waals surface area contributed by atoms with E-state index in [1.807, 2.05) is 6.92 Å². The normalized spacial score (nSPS) is 23.4. The third kappa shape index (κ3) is 3.79. The Kier molecular flexibility index (Phi) is 4.62. The highest BCUT2D eigenvalue weighted by Crippen LogP contribution is 2.18. The van der Waals surface area contributed by atoms with Crippen molar-refractivity contribution < 1.29 is 17.9 Å². The first-order valence-corrected chi connectivity index (χ1v) is 7.89. The zero-order valence-electron chi connectivity index (χ0n) is 10.9. The summed E-state index contributed by atoms with van der Waals surface area (Å²) in [5.41, 5.74) is 0. The fourth-order valence-corrected chi connectivity index (χ4v) is 3.59. The van der Waals surface area contributed by atoms with Gasteiger partial charge in [-0.15, -0.1) is 0 Å². The monoisotopic (exact) mass is 288 g/mol. The molecule has 2 rings (SSSR count). The molecular formula is C12H20N2O4S. The Morgan fingerprint density at radius 2 is 2.42 bits per heavy atom. The van der Waals surface area contributed by atoms with Gasteiger partial charge in [0.2, 0.25) is 0 Å². The van der Waals surface area contributed by atoms with E-state index in [2.05, 4.69) is 4.72 Å². The highest BCUT2D eigenvalue weighted by Gasteiger charge is 2.27. The highest BCUT2D eigenvalue weighted by atomic mass is 32.2. The van der Waals surface area contributed by atoms with Gasteiger partial charge in [-0.2, -0.15) is 17.4 Å². The van der Waals surface area contributed by atoms with Crippen molar-refractivity contribution >= 4 is 10.2 Å². The van der Waals surface area contributed by atoms with Crippen LogP contribution in [-0.4, -0.2) is 37.5 Å². The van der Waals surface area contributed by atoms with Gasteiger partial charge in [0.1, 0.15) is 11.9 Å². The summed E-state index contributed by atoms with van der Waals surface area (Å²) in [5.74, 6) is 0.732. The molecule has 2 unspecified atom stereocenters. The van der Waals surface area contributed by atoms with Gasteiger partial charge < -0.3 is 9.52 Å². The number of nitrogens with one attached hydrogen (secondary N) is 1. The maximum Gasteiger partial charge on any atom is 0.279 e. The summed E-state index contributed by atoms with van der Waals surface area (Å²) >= 11 is 0. The molecule has 108 valence electrons. The fourth-order valence-electron chi connectivity index (χ4n) is 2.22. The van der Waals surface area contributed by atoms with Crippen LogP contribution in [0.5, 0.6) is 0 Å². The van der Waals surface area contributed by atoms with Crippen molar-refractivity contribution in [3.63, 3.8) is 0 Å². The van der Waals surface area contributed by atoms with Gasteiger partial charge in [-0.05, 0) is 30.9 Å². The zero-order valence-corrected chi connectivity index (χ0v) is 11.8. The van der Waals surface area contributed by atoms with Crippen LogP contribution in [0.4, 0.5) is 0 Å². The van der Waals surface area contributed by atoms with Gasteiger partial charge in [0.05, 0.1) is 6.26 Å². The maximum atomic E-state index is 12.1. The van der Waals surface area contributed by atoms with E-state index in [0.29, 0.717) is 24.8 Å². The standard InChI is InChI=1S/C12H20N2O4S/c1-10-4-2-6-14(9-10)19(16,17)13-8-11(15)12-5-3-7-18-12/h3,5,7,10-11,13,15H,2,4,6,8-9H2,1H3. The lowest BCUT2D eigenvalue weighted by Gasteiger charge is -2.30. The van der Waals surface area contributed by atoms with Crippen LogP contribution >= 0.6 is 0 Å². The van der Waals surface area contributed by atoms with Crippen LogP contribution in [0.15, 0.2) is 22.8 Å². The van der Waals surface area contributed by atoms with E-state index in [4.69, 9.17) is 4.42 Å². The number of furan rings is 1. The first kappa shape index (κ1) is 14.5. The van der Waals surface area contributed by atoms with Crippen LogP contribution in [-0.2, 0) is 10.2 Å². The fraction of sp³-hybridized carbons (Fsp3) is 0.667. The molecule has 1 aromatic rings. The van der Waals surface area contributed by atoms with Crippen LogP contribution in [0.2, 0.25) is 0 Å². The van der Waals surface area contributed by atoms with Gasteiger partial charge in [-0.3, -0.25) is 0 Å². The van der Waals surface area contributed by atoms with Crippen LogP contribution in [0, 0.1) is 5.92 Å². The molecule has 0 spiro atoms. The Balaban J connectivity index is 1.90. The number of hydrogen-bond acceptors (Lipinski definition) is 4. The summed E-state index contributed by atoms with van der Waals surface area (Å²) in [7, 11) is -3.52. The van der Waals surface area contributed by atoms with Crippen molar-refractivity contribution in [2.24, 2.45) is 5.92 Å². The third-order valence-electron chi connectivity index (χ3n) is 3.29. The van der Waals surface area contributed by atoms with E-state index >= 15 is 0 Å². The van der Waals surface area contributed by atoms with Crippen LogP contribution in [0.3, 0.4) is 0 Å².